The van der Waals surface area contributed by atoms with E-state index in [0.29, 0.717) is 40.2 Å². The predicted octanol–water partition coefficient (Wildman–Crippen LogP) is 5.18. The molecule has 3 aromatic rings. The number of alkyl halides is 2. The van der Waals surface area contributed by atoms with Gasteiger partial charge in [-0.15, -0.1) is 0 Å². The summed E-state index contributed by atoms with van der Waals surface area (Å²) < 4.78 is 70.2. The SMILES string of the molecule is CN(C)CCNS(=O)(=O)c1ccc(C(=O)O[C@@H](Cc2c(Cl)c[nH+]cc2Cl)c2ccc(OC(F)F)c(OCC3CC3)c2)cc1. The lowest BCUT2D eigenvalue weighted by Gasteiger charge is -2.21. The number of carbonyl (C=O) groups excluding carboxylic acids is 1. The quantitative estimate of drug-likeness (QED) is 0.224. The first kappa shape index (κ1) is 32.9. The first-order chi connectivity index (χ1) is 20.4. The normalized spacial score (nSPS) is 14.1. The third-order valence-corrected chi connectivity index (χ3v) is 8.77. The average Bonchev–Trinajstić information content (AvgIpc) is 3.78. The Morgan fingerprint density at radius 3 is 2.35 bits per heavy atom. The van der Waals surface area contributed by atoms with Crippen LogP contribution in [0, 0.1) is 5.92 Å². The van der Waals surface area contributed by atoms with E-state index in [-0.39, 0.29) is 34.9 Å². The molecule has 0 spiro atoms. The fourth-order valence-corrected chi connectivity index (χ4v) is 5.62. The van der Waals surface area contributed by atoms with E-state index in [1.807, 2.05) is 19.0 Å². The van der Waals surface area contributed by atoms with Crippen LogP contribution in [0.15, 0.2) is 59.8 Å². The van der Waals surface area contributed by atoms with E-state index in [4.69, 9.17) is 32.7 Å². The number of aromatic amines is 1. The van der Waals surface area contributed by atoms with Crippen LogP contribution in [0.4, 0.5) is 8.78 Å². The van der Waals surface area contributed by atoms with E-state index in [2.05, 4.69) is 14.4 Å². The van der Waals surface area contributed by atoms with Gasteiger partial charge < -0.3 is 19.1 Å². The molecule has 0 aliphatic heterocycles. The molecule has 4 rings (SSSR count). The number of sulfonamides is 1. The lowest BCUT2D eigenvalue weighted by Crippen LogP contribution is -2.31. The van der Waals surface area contributed by atoms with Crippen molar-refractivity contribution in [3.8, 4) is 11.5 Å². The number of nitrogens with one attached hydrogen (secondary N) is 2. The molecule has 1 aliphatic carbocycles. The molecule has 1 saturated carbocycles. The Hall–Kier alpha value is -3.03. The van der Waals surface area contributed by atoms with Gasteiger partial charge in [0.1, 0.15) is 16.1 Å². The zero-order valence-electron chi connectivity index (χ0n) is 23.5. The molecule has 2 aromatic carbocycles. The molecule has 9 nitrogen and oxygen atoms in total. The molecule has 1 aromatic heterocycles. The van der Waals surface area contributed by atoms with Gasteiger partial charge in [-0.1, -0.05) is 29.3 Å². The van der Waals surface area contributed by atoms with E-state index in [1.165, 1.54) is 54.9 Å². The molecule has 1 fully saturated rings. The molecule has 1 atom stereocenters. The van der Waals surface area contributed by atoms with Gasteiger partial charge in [0.2, 0.25) is 10.0 Å². The maximum absolute atomic E-state index is 13.3. The monoisotopic (exact) mass is 658 g/mol. The summed E-state index contributed by atoms with van der Waals surface area (Å²) in [4.78, 5) is 17.9. The van der Waals surface area contributed by atoms with Gasteiger partial charge in [0.05, 0.1) is 17.1 Å². The number of carbonyl (C=O) groups is 1. The number of aromatic nitrogens is 1. The van der Waals surface area contributed by atoms with Gasteiger partial charge in [0.15, 0.2) is 23.9 Å². The van der Waals surface area contributed by atoms with Gasteiger partial charge in [0.25, 0.3) is 0 Å². The summed E-state index contributed by atoms with van der Waals surface area (Å²) in [6, 6.07) is 9.63. The number of halogens is 4. The van der Waals surface area contributed by atoms with Gasteiger partial charge in [-0.05, 0) is 74.8 Å². The first-order valence-electron chi connectivity index (χ1n) is 13.4. The largest absolute Gasteiger partial charge is 0.489 e. The molecule has 1 heterocycles. The summed E-state index contributed by atoms with van der Waals surface area (Å²) in [7, 11) is -0.126. The third kappa shape index (κ3) is 9.48. The van der Waals surface area contributed by atoms with E-state index >= 15 is 0 Å². The molecule has 0 amide bonds. The van der Waals surface area contributed by atoms with Crippen molar-refractivity contribution in [1.29, 1.82) is 0 Å². The maximum atomic E-state index is 13.3. The Morgan fingerprint density at radius 2 is 1.74 bits per heavy atom. The number of benzene rings is 2. The summed E-state index contributed by atoms with van der Waals surface area (Å²) in [6.07, 6.45) is 4.08. The van der Waals surface area contributed by atoms with E-state index in [9.17, 15) is 22.0 Å². The van der Waals surface area contributed by atoms with Gasteiger partial charge in [-0.25, -0.2) is 22.9 Å². The summed E-state index contributed by atoms with van der Waals surface area (Å²) >= 11 is 12.8. The second-order valence-corrected chi connectivity index (χ2v) is 12.9. The number of pyridine rings is 1. The molecule has 43 heavy (non-hydrogen) atoms. The summed E-state index contributed by atoms with van der Waals surface area (Å²) in [5.41, 5.74) is 1.00. The molecule has 1 aliphatic rings. The van der Waals surface area contributed by atoms with Crippen molar-refractivity contribution in [2.75, 3.05) is 33.8 Å². The topological polar surface area (TPSA) is 108 Å². The van der Waals surface area contributed by atoms with Gasteiger partial charge in [-0.2, -0.15) is 8.78 Å². The van der Waals surface area contributed by atoms with Crippen LogP contribution in [-0.2, 0) is 21.2 Å². The smallest absolute Gasteiger partial charge is 0.387 e. The average molecular weight is 660 g/mol. The van der Waals surface area contributed by atoms with E-state index in [1.54, 1.807) is 0 Å². The Bertz CT molecular complexity index is 1500. The minimum atomic E-state index is -3.78. The van der Waals surface area contributed by atoms with E-state index < -0.39 is 28.7 Å². The molecule has 0 bridgehead atoms. The molecule has 14 heteroatoms. The molecule has 0 radical (unpaired) electrons. The van der Waals surface area contributed by atoms with Crippen LogP contribution in [0.2, 0.25) is 10.0 Å². The molecule has 0 saturated heterocycles. The van der Waals surface area contributed by atoms with Crippen molar-refractivity contribution in [1.82, 2.24) is 9.62 Å². The van der Waals surface area contributed by atoms with Crippen molar-refractivity contribution in [3.05, 3.63) is 81.6 Å². The Balaban J connectivity index is 1.60. The number of esters is 1. The predicted molar refractivity (Wildman–Crippen MR) is 156 cm³/mol. The fraction of sp³-hybridized carbons (Fsp3) is 0.379. The van der Waals surface area contributed by atoms with Crippen LogP contribution in [-0.4, -0.2) is 59.7 Å². The molecule has 232 valence electrons. The van der Waals surface area contributed by atoms with Crippen LogP contribution in [0.25, 0.3) is 0 Å². The Labute approximate surface area is 259 Å². The summed E-state index contributed by atoms with van der Waals surface area (Å²) in [6.45, 7) is -1.99. The highest BCUT2D eigenvalue weighted by Gasteiger charge is 2.27. The van der Waals surface area contributed by atoms with Crippen LogP contribution in [0.1, 0.15) is 40.4 Å². The summed E-state index contributed by atoms with van der Waals surface area (Å²) in [5, 5.41) is 0.598. The lowest BCUT2D eigenvalue weighted by molar-refractivity contribution is -0.377. The van der Waals surface area contributed by atoms with Gasteiger partial charge in [0, 0.05) is 25.1 Å². The van der Waals surface area contributed by atoms with Crippen molar-refractivity contribution >= 4 is 39.2 Å². The summed E-state index contributed by atoms with van der Waals surface area (Å²) in [5.74, 6) is -0.478. The number of ether oxygens (including phenoxy) is 3. The lowest BCUT2D eigenvalue weighted by atomic mass is 10.0. The van der Waals surface area contributed by atoms with E-state index in [0.717, 1.165) is 12.8 Å². The van der Waals surface area contributed by atoms with Crippen LogP contribution < -0.4 is 19.2 Å². The second kappa shape index (κ2) is 14.6. The van der Waals surface area contributed by atoms with Crippen molar-refractivity contribution in [2.24, 2.45) is 5.92 Å². The number of hydrogen-bond acceptors (Lipinski definition) is 7. The zero-order chi connectivity index (χ0) is 31.1. The minimum absolute atomic E-state index is 0.00877. The first-order valence-corrected chi connectivity index (χ1v) is 15.7. The Morgan fingerprint density at radius 1 is 1.07 bits per heavy atom. The molecular weight excluding hydrogens is 627 g/mol. The van der Waals surface area contributed by atoms with Crippen molar-refractivity contribution < 1.29 is 41.2 Å². The number of nitrogens with zero attached hydrogens (tertiary/aromatic N) is 1. The number of rotatable bonds is 15. The standard InChI is InChI=1S/C29H31Cl2F2N3O6S/c1-36(2)12-11-35-43(38,39)21-8-5-19(6-9-21)28(37)41-26(14-22-23(30)15-34-16-24(22)31)20-7-10-25(42-29(32)33)27(13-20)40-17-18-3-4-18/h5-10,13,15-16,18,26,29,35H,3-4,11-12,14,17H2,1-2H3/p+1/t26-/m0/s1. The van der Waals surface area contributed by atoms with Gasteiger partial charge in [-0.3, -0.25) is 0 Å². The van der Waals surface area contributed by atoms with Crippen LogP contribution >= 0.6 is 23.2 Å². The third-order valence-electron chi connectivity index (χ3n) is 6.61. The maximum Gasteiger partial charge on any atom is 0.387 e. The number of likely N-dealkylation sites (N-methyl/N-ethyl adjacent to an activating group) is 1. The van der Waals surface area contributed by atoms with Gasteiger partial charge >= 0.3 is 12.6 Å². The molecule has 0 unspecified atom stereocenters. The van der Waals surface area contributed by atoms with Crippen molar-refractivity contribution in [3.63, 3.8) is 0 Å². The highest BCUT2D eigenvalue weighted by molar-refractivity contribution is 7.89. The van der Waals surface area contributed by atoms with Crippen molar-refractivity contribution in [2.45, 2.75) is 36.9 Å². The highest BCUT2D eigenvalue weighted by Crippen LogP contribution is 2.38. The molecular formula is C29H32Cl2F2N3O6S+. The second-order valence-electron chi connectivity index (χ2n) is 10.3. The Kier molecular flexibility index (Phi) is 11.2. The van der Waals surface area contributed by atoms with Crippen LogP contribution in [0.3, 0.4) is 0 Å². The highest BCUT2D eigenvalue weighted by atomic mass is 35.5. The fourth-order valence-electron chi connectivity index (χ4n) is 4.06. The minimum Gasteiger partial charge on any atom is -0.489 e. The number of H-pyrrole nitrogens is 1. The molecule has 2 N–H and O–H groups in total. The number of hydrogen-bond donors (Lipinski definition) is 1. The zero-order valence-corrected chi connectivity index (χ0v) is 25.8. The van der Waals surface area contributed by atoms with Crippen LogP contribution in [0.5, 0.6) is 11.5 Å².